The number of carbonyl (C=O) groups excluding carboxylic acids is 1. The van der Waals surface area contributed by atoms with Gasteiger partial charge in [0.2, 0.25) is 11.9 Å². The highest BCUT2D eigenvalue weighted by atomic mass is 35.5. The van der Waals surface area contributed by atoms with E-state index in [0.717, 1.165) is 37.4 Å². The summed E-state index contributed by atoms with van der Waals surface area (Å²) in [6.45, 7) is 7.08. The van der Waals surface area contributed by atoms with Crippen LogP contribution in [0.2, 0.25) is 5.02 Å². The van der Waals surface area contributed by atoms with Crippen LogP contribution in [-0.2, 0) is 11.8 Å². The largest absolute Gasteiger partial charge is 0.494 e. The molecular formula is C23H27ClN8O2. The average Bonchev–Trinajstić information content (AvgIpc) is 3.27. The SMILES string of the molecule is C=CC(=O)Nc1cc(Nc2ncc(Cl)c(-c3cnn(C)c3)n2)c(OC)cc1N1CCN(C)CC1. The van der Waals surface area contributed by atoms with Gasteiger partial charge < -0.3 is 25.2 Å². The van der Waals surface area contributed by atoms with Crippen molar-refractivity contribution in [2.45, 2.75) is 0 Å². The first kappa shape index (κ1) is 23.5. The number of nitrogens with zero attached hydrogens (tertiary/aromatic N) is 6. The lowest BCUT2D eigenvalue weighted by Crippen LogP contribution is -2.44. The van der Waals surface area contributed by atoms with Gasteiger partial charge in [0.05, 0.1) is 47.3 Å². The molecule has 2 N–H and O–H groups in total. The fraction of sp³-hybridized carbons (Fsp3) is 0.304. The van der Waals surface area contributed by atoms with Gasteiger partial charge in [-0.25, -0.2) is 9.97 Å². The minimum atomic E-state index is -0.298. The summed E-state index contributed by atoms with van der Waals surface area (Å²) in [6, 6.07) is 3.72. The number of anilines is 4. The fourth-order valence-electron chi connectivity index (χ4n) is 3.72. The van der Waals surface area contributed by atoms with Crippen LogP contribution in [0, 0.1) is 0 Å². The predicted octanol–water partition coefficient (Wildman–Crippen LogP) is 3.16. The Morgan fingerprint density at radius 1 is 1.18 bits per heavy atom. The molecule has 0 radical (unpaired) electrons. The van der Waals surface area contributed by atoms with E-state index in [-0.39, 0.29) is 5.91 Å². The molecule has 1 aliphatic heterocycles. The first-order chi connectivity index (χ1) is 16.4. The van der Waals surface area contributed by atoms with E-state index >= 15 is 0 Å². The first-order valence-electron chi connectivity index (χ1n) is 10.8. The zero-order valence-corrected chi connectivity index (χ0v) is 20.1. The molecule has 1 amide bonds. The minimum Gasteiger partial charge on any atom is -0.494 e. The summed E-state index contributed by atoms with van der Waals surface area (Å²) >= 11 is 6.34. The Hall–Kier alpha value is -3.63. The van der Waals surface area contributed by atoms with Gasteiger partial charge in [0.1, 0.15) is 5.75 Å². The molecule has 34 heavy (non-hydrogen) atoms. The number of aromatic nitrogens is 4. The van der Waals surface area contributed by atoms with Crippen LogP contribution in [0.4, 0.5) is 23.0 Å². The molecule has 3 aromatic rings. The normalized spacial score (nSPS) is 14.1. The number of halogens is 1. The molecule has 1 aromatic carbocycles. The van der Waals surface area contributed by atoms with Crippen LogP contribution in [0.15, 0.2) is 43.4 Å². The molecule has 3 heterocycles. The van der Waals surface area contributed by atoms with Gasteiger partial charge in [0.15, 0.2) is 0 Å². The maximum absolute atomic E-state index is 12.2. The molecule has 0 bridgehead atoms. The number of piperazine rings is 1. The molecule has 0 aliphatic carbocycles. The molecule has 4 rings (SSSR count). The third-order valence-electron chi connectivity index (χ3n) is 5.57. The topological polar surface area (TPSA) is 100 Å². The van der Waals surface area contributed by atoms with E-state index in [9.17, 15) is 4.79 Å². The number of hydrogen-bond donors (Lipinski definition) is 2. The summed E-state index contributed by atoms with van der Waals surface area (Å²) in [4.78, 5) is 25.6. The molecule has 1 saturated heterocycles. The number of rotatable bonds is 7. The number of likely N-dealkylation sites (N-methyl/N-ethyl adjacent to an activating group) is 1. The summed E-state index contributed by atoms with van der Waals surface area (Å²) in [5.74, 6) is 0.620. The van der Waals surface area contributed by atoms with Gasteiger partial charge >= 0.3 is 0 Å². The Kier molecular flexibility index (Phi) is 6.99. The molecule has 2 aromatic heterocycles. The maximum Gasteiger partial charge on any atom is 0.247 e. The Labute approximate surface area is 203 Å². The maximum atomic E-state index is 12.2. The quantitative estimate of drug-likeness (QED) is 0.495. The first-order valence-corrected chi connectivity index (χ1v) is 11.1. The van der Waals surface area contributed by atoms with Crippen molar-refractivity contribution in [2.24, 2.45) is 7.05 Å². The number of carbonyl (C=O) groups is 1. The Morgan fingerprint density at radius 3 is 2.59 bits per heavy atom. The van der Waals surface area contributed by atoms with Crippen LogP contribution in [0.5, 0.6) is 5.75 Å². The molecule has 0 saturated carbocycles. The van der Waals surface area contributed by atoms with Crippen LogP contribution in [0.1, 0.15) is 0 Å². The van der Waals surface area contributed by atoms with Crippen molar-refractivity contribution in [1.29, 1.82) is 0 Å². The van der Waals surface area contributed by atoms with Gasteiger partial charge in [0, 0.05) is 51.1 Å². The van der Waals surface area contributed by atoms with E-state index in [1.807, 2.05) is 25.4 Å². The summed E-state index contributed by atoms with van der Waals surface area (Å²) in [5.41, 5.74) is 3.44. The molecule has 0 atom stereocenters. The average molecular weight is 483 g/mol. The van der Waals surface area contributed by atoms with Crippen molar-refractivity contribution in [3.05, 3.63) is 48.4 Å². The standard InChI is InChI=1S/C23H27ClN8O2/c1-5-21(33)27-17-10-18(20(34-4)11-19(17)32-8-6-30(2)7-9-32)28-23-25-13-16(24)22(29-23)15-12-26-31(3)14-15/h5,10-14H,1,6-9H2,2-4H3,(H,27,33)(H,25,28,29). The summed E-state index contributed by atoms with van der Waals surface area (Å²) in [5, 5.41) is 10.7. The molecule has 0 spiro atoms. The third-order valence-corrected chi connectivity index (χ3v) is 5.85. The highest BCUT2D eigenvalue weighted by Crippen LogP contribution is 2.39. The molecule has 0 unspecified atom stereocenters. The molecule has 178 valence electrons. The van der Waals surface area contributed by atoms with Crippen LogP contribution < -0.4 is 20.3 Å². The van der Waals surface area contributed by atoms with E-state index in [1.165, 1.54) is 12.3 Å². The van der Waals surface area contributed by atoms with Crippen LogP contribution in [0.3, 0.4) is 0 Å². The Balaban J connectivity index is 1.71. The van der Waals surface area contributed by atoms with E-state index in [2.05, 4.69) is 49.1 Å². The van der Waals surface area contributed by atoms with Gasteiger partial charge in [-0.1, -0.05) is 18.2 Å². The smallest absolute Gasteiger partial charge is 0.247 e. The fourth-order valence-corrected chi connectivity index (χ4v) is 3.92. The third kappa shape index (κ3) is 5.13. The van der Waals surface area contributed by atoms with E-state index < -0.39 is 0 Å². The van der Waals surface area contributed by atoms with E-state index in [0.29, 0.717) is 33.8 Å². The van der Waals surface area contributed by atoms with Crippen molar-refractivity contribution < 1.29 is 9.53 Å². The van der Waals surface area contributed by atoms with Crippen LogP contribution in [-0.4, -0.2) is 70.9 Å². The predicted molar refractivity (Wildman–Crippen MR) is 134 cm³/mol. The van der Waals surface area contributed by atoms with Crippen molar-refractivity contribution in [1.82, 2.24) is 24.6 Å². The lowest BCUT2D eigenvalue weighted by Gasteiger charge is -2.35. The zero-order chi connectivity index (χ0) is 24.2. The highest BCUT2D eigenvalue weighted by Gasteiger charge is 2.21. The second kappa shape index (κ2) is 10.1. The number of hydrogen-bond acceptors (Lipinski definition) is 8. The monoisotopic (exact) mass is 482 g/mol. The lowest BCUT2D eigenvalue weighted by atomic mass is 10.1. The number of amides is 1. The molecule has 11 heteroatoms. The van der Waals surface area contributed by atoms with Crippen LogP contribution >= 0.6 is 11.6 Å². The summed E-state index contributed by atoms with van der Waals surface area (Å²) < 4.78 is 7.35. The number of aryl methyl sites for hydroxylation is 1. The van der Waals surface area contributed by atoms with Crippen molar-refractivity contribution >= 4 is 40.5 Å². The van der Waals surface area contributed by atoms with Crippen molar-refractivity contribution in [2.75, 3.05) is 55.9 Å². The Morgan fingerprint density at radius 2 is 1.94 bits per heavy atom. The molecule has 1 aliphatic rings. The Bertz CT molecular complexity index is 1200. The number of benzene rings is 1. The van der Waals surface area contributed by atoms with Gasteiger partial charge in [-0.05, 0) is 19.2 Å². The van der Waals surface area contributed by atoms with Gasteiger partial charge in [-0.3, -0.25) is 9.48 Å². The number of nitrogens with one attached hydrogen (secondary N) is 2. The zero-order valence-electron chi connectivity index (χ0n) is 19.4. The summed E-state index contributed by atoms with van der Waals surface area (Å²) in [6.07, 6.45) is 6.29. The number of ether oxygens (including phenoxy) is 1. The second-order valence-corrected chi connectivity index (χ2v) is 8.38. The highest BCUT2D eigenvalue weighted by molar-refractivity contribution is 6.32. The lowest BCUT2D eigenvalue weighted by molar-refractivity contribution is -0.111. The van der Waals surface area contributed by atoms with Gasteiger partial charge in [-0.2, -0.15) is 5.10 Å². The molecule has 10 nitrogen and oxygen atoms in total. The van der Waals surface area contributed by atoms with Gasteiger partial charge in [-0.15, -0.1) is 0 Å². The summed E-state index contributed by atoms with van der Waals surface area (Å²) in [7, 11) is 5.51. The van der Waals surface area contributed by atoms with Crippen LogP contribution in [0.25, 0.3) is 11.3 Å². The van der Waals surface area contributed by atoms with E-state index in [4.69, 9.17) is 16.3 Å². The van der Waals surface area contributed by atoms with E-state index in [1.54, 1.807) is 18.0 Å². The van der Waals surface area contributed by atoms with Gasteiger partial charge in [0.25, 0.3) is 0 Å². The van der Waals surface area contributed by atoms with Crippen molar-refractivity contribution in [3.8, 4) is 17.0 Å². The number of methoxy groups -OCH3 is 1. The molecular weight excluding hydrogens is 456 g/mol. The minimum absolute atomic E-state index is 0.298. The molecule has 1 fully saturated rings. The second-order valence-electron chi connectivity index (χ2n) is 7.97. The van der Waals surface area contributed by atoms with Crippen molar-refractivity contribution in [3.63, 3.8) is 0 Å².